The van der Waals surface area contributed by atoms with E-state index in [2.05, 4.69) is 25.9 Å². The fourth-order valence-electron chi connectivity index (χ4n) is 2.46. The van der Waals surface area contributed by atoms with E-state index in [-0.39, 0.29) is 24.0 Å². The van der Waals surface area contributed by atoms with Crippen molar-refractivity contribution in [1.82, 2.24) is 20.9 Å². The van der Waals surface area contributed by atoms with Gasteiger partial charge >= 0.3 is 6.09 Å². The number of nitrogens with zero attached hydrogens (tertiary/aromatic N) is 2. The number of hydrogen-bond donors (Lipinski definition) is 3. The van der Waals surface area contributed by atoms with Crippen molar-refractivity contribution in [3.05, 3.63) is 23.9 Å². The number of pyridine rings is 1. The van der Waals surface area contributed by atoms with Crippen molar-refractivity contribution < 1.29 is 14.3 Å². The van der Waals surface area contributed by atoms with Gasteiger partial charge in [-0.05, 0) is 65.0 Å². The van der Waals surface area contributed by atoms with Crippen LogP contribution in [0.3, 0.4) is 0 Å². The van der Waals surface area contributed by atoms with Gasteiger partial charge in [-0.3, -0.25) is 4.99 Å². The highest BCUT2D eigenvalue weighted by molar-refractivity contribution is 14.0. The maximum absolute atomic E-state index is 12.0. The van der Waals surface area contributed by atoms with Gasteiger partial charge in [-0.25, -0.2) is 9.78 Å². The number of nitrogens with one attached hydrogen (secondary N) is 3. The number of hydrogen-bond acceptors (Lipinski definition) is 5. The van der Waals surface area contributed by atoms with Crippen molar-refractivity contribution >= 4 is 36.0 Å². The number of aliphatic imine (C=N–C) groups is 1. The first-order chi connectivity index (χ1) is 13.6. The molecule has 30 heavy (non-hydrogen) atoms. The summed E-state index contributed by atoms with van der Waals surface area (Å²) in [5, 5.41) is 9.37. The second-order valence-electron chi connectivity index (χ2n) is 9.05. The lowest BCUT2D eigenvalue weighted by atomic mass is 10.1. The van der Waals surface area contributed by atoms with Crippen LogP contribution < -0.4 is 20.7 Å². The summed E-state index contributed by atoms with van der Waals surface area (Å²) in [5.41, 5.74) is 0.0112. The number of halogens is 1. The molecular formula is C21H36IN5O3. The molecule has 1 saturated carbocycles. The van der Waals surface area contributed by atoms with Gasteiger partial charge in [0.2, 0.25) is 5.88 Å². The number of rotatable bonds is 8. The zero-order valence-corrected chi connectivity index (χ0v) is 21.2. The minimum Gasteiger partial charge on any atom is -0.477 e. The van der Waals surface area contributed by atoms with Gasteiger partial charge in [0.25, 0.3) is 0 Å². The lowest BCUT2D eigenvalue weighted by Crippen LogP contribution is -2.54. The Hall–Kier alpha value is -1.78. The van der Waals surface area contributed by atoms with E-state index in [9.17, 15) is 4.79 Å². The Morgan fingerprint density at radius 3 is 2.53 bits per heavy atom. The lowest BCUT2D eigenvalue weighted by molar-refractivity contribution is 0.0474. The number of aromatic nitrogens is 1. The Bertz CT molecular complexity index is 715. The number of ether oxygens (including phenoxy) is 2. The first-order valence-corrected chi connectivity index (χ1v) is 10.1. The van der Waals surface area contributed by atoms with Crippen LogP contribution >= 0.6 is 24.0 Å². The summed E-state index contributed by atoms with van der Waals surface area (Å²) in [6, 6.07) is 3.88. The van der Waals surface area contributed by atoms with Crippen molar-refractivity contribution in [2.75, 3.05) is 20.2 Å². The Balaban J connectivity index is 0.00000450. The molecule has 0 radical (unpaired) electrons. The predicted octanol–water partition coefficient (Wildman–Crippen LogP) is 3.46. The summed E-state index contributed by atoms with van der Waals surface area (Å²) >= 11 is 0. The molecule has 1 amide bonds. The topological polar surface area (TPSA) is 96.9 Å². The third-order valence-electron chi connectivity index (χ3n) is 4.18. The van der Waals surface area contributed by atoms with Crippen molar-refractivity contribution in [2.24, 2.45) is 10.9 Å². The number of guanidine groups is 1. The summed E-state index contributed by atoms with van der Waals surface area (Å²) in [6.45, 7) is 11.2. The van der Waals surface area contributed by atoms with Crippen LogP contribution in [0, 0.1) is 5.92 Å². The summed E-state index contributed by atoms with van der Waals surface area (Å²) in [5.74, 6) is 1.99. The van der Waals surface area contributed by atoms with Crippen LogP contribution in [-0.4, -0.2) is 48.4 Å². The van der Waals surface area contributed by atoms with Gasteiger partial charge in [0, 0.05) is 32.4 Å². The molecule has 1 fully saturated rings. The van der Waals surface area contributed by atoms with Crippen LogP contribution in [0.1, 0.15) is 53.0 Å². The molecule has 1 aromatic rings. The third kappa shape index (κ3) is 10.8. The molecular weight excluding hydrogens is 497 g/mol. The Kier molecular flexibility index (Phi) is 10.1. The van der Waals surface area contributed by atoms with Gasteiger partial charge < -0.3 is 25.4 Å². The smallest absolute Gasteiger partial charge is 0.408 e. The highest BCUT2D eigenvalue weighted by Gasteiger charge is 2.25. The predicted molar refractivity (Wildman–Crippen MR) is 130 cm³/mol. The van der Waals surface area contributed by atoms with E-state index >= 15 is 0 Å². The number of carbonyl (C=O) groups is 1. The van der Waals surface area contributed by atoms with Gasteiger partial charge in [-0.15, -0.1) is 24.0 Å². The molecule has 0 spiro atoms. The van der Waals surface area contributed by atoms with Crippen LogP contribution in [0.15, 0.2) is 23.3 Å². The SMILES string of the molecule is CN=C(NCc1ccnc(OCC2CC2)c1)NCC(C)(C)NC(=O)OC(C)(C)C.I. The van der Waals surface area contributed by atoms with Crippen molar-refractivity contribution in [3.8, 4) is 5.88 Å². The Labute approximate surface area is 197 Å². The number of alkyl carbamates (subject to hydrolysis) is 1. The fraction of sp³-hybridized carbons (Fsp3) is 0.667. The molecule has 1 aromatic heterocycles. The van der Waals surface area contributed by atoms with E-state index < -0.39 is 17.2 Å². The van der Waals surface area contributed by atoms with E-state index in [0.717, 1.165) is 12.2 Å². The van der Waals surface area contributed by atoms with E-state index in [1.54, 1.807) is 13.2 Å². The normalized spacial score (nSPS) is 14.4. The monoisotopic (exact) mass is 533 g/mol. The first kappa shape index (κ1) is 26.3. The average Bonchev–Trinajstić information content (AvgIpc) is 3.42. The van der Waals surface area contributed by atoms with Crippen LogP contribution in [0.5, 0.6) is 5.88 Å². The molecule has 0 aliphatic heterocycles. The minimum absolute atomic E-state index is 0. The first-order valence-electron chi connectivity index (χ1n) is 10.1. The fourth-order valence-corrected chi connectivity index (χ4v) is 2.46. The molecule has 0 bridgehead atoms. The highest BCUT2D eigenvalue weighted by atomic mass is 127. The van der Waals surface area contributed by atoms with Crippen LogP contribution in [0.4, 0.5) is 4.79 Å². The van der Waals surface area contributed by atoms with Crippen molar-refractivity contribution in [2.45, 2.75) is 65.1 Å². The highest BCUT2D eigenvalue weighted by Crippen LogP contribution is 2.29. The second kappa shape index (κ2) is 11.6. The molecule has 2 rings (SSSR count). The number of carbonyl (C=O) groups excluding carboxylic acids is 1. The second-order valence-corrected chi connectivity index (χ2v) is 9.05. The van der Waals surface area contributed by atoms with Crippen LogP contribution in [0.25, 0.3) is 0 Å². The molecule has 0 atom stereocenters. The van der Waals surface area contributed by atoms with Crippen LogP contribution in [0.2, 0.25) is 0 Å². The zero-order chi connectivity index (χ0) is 21.5. The van der Waals surface area contributed by atoms with E-state index in [1.807, 2.05) is 46.8 Å². The summed E-state index contributed by atoms with van der Waals surface area (Å²) in [6.07, 6.45) is 3.82. The molecule has 8 nitrogen and oxygen atoms in total. The Morgan fingerprint density at radius 1 is 1.23 bits per heavy atom. The molecule has 3 N–H and O–H groups in total. The molecule has 0 unspecified atom stereocenters. The van der Waals surface area contributed by atoms with E-state index in [4.69, 9.17) is 9.47 Å². The Morgan fingerprint density at radius 2 is 1.93 bits per heavy atom. The maximum Gasteiger partial charge on any atom is 0.408 e. The quantitative estimate of drug-likeness (QED) is 0.269. The largest absolute Gasteiger partial charge is 0.477 e. The van der Waals surface area contributed by atoms with Gasteiger partial charge in [-0.2, -0.15) is 0 Å². The molecule has 1 aliphatic carbocycles. The van der Waals surface area contributed by atoms with Gasteiger partial charge in [0.15, 0.2) is 5.96 Å². The standard InChI is InChI=1S/C21H35N5O3.HI/c1-20(2,3)29-19(27)26-21(4,5)14-25-18(22-6)24-12-16-9-10-23-17(11-16)28-13-15-7-8-15;/h9-11,15H,7-8,12-14H2,1-6H3,(H,26,27)(H2,22,24,25);1H. The molecule has 1 heterocycles. The summed E-state index contributed by atoms with van der Waals surface area (Å²) < 4.78 is 11.1. The number of amides is 1. The van der Waals surface area contributed by atoms with Gasteiger partial charge in [-0.1, -0.05) is 0 Å². The summed E-state index contributed by atoms with van der Waals surface area (Å²) in [7, 11) is 1.71. The molecule has 9 heteroatoms. The van der Waals surface area contributed by atoms with Crippen molar-refractivity contribution in [3.63, 3.8) is 0 Å². The van der Waals surface area contributed by atoms with Gasteiger partial charge in [0.05, 0.1) is 12.1 Å². The average molecular weight is 533 g/mol. The van der Waals surface area contributed by atoms with Crippen LogP contribution in [-0.2, 0) is 11.3 Å². The zero-order valence-electron chi connectivity index (χ0n) is 18.9. The molecule has 1 aliphatic rings. The third-order valence-corrected chi connectivity index (χ3v) is 4.18. The van der Waals surface area contributed by atoms with Gasteiger partial charge in [0.1, 0.15) is 5.60 Å². The summed E-state index contributed by atoms with van der Waals surface area (Å²) in [4.78, 5) is 20.5. The lowest BCUT2D eigenvalue weighted by Gasteiger charge is -2.29. The maximum atomic E-state index is 12.0. The van der Waals surface area contributed by atoms with Crippen molar-refractivity contribution in [1.29, 1.82) is 0 Å². The minimum atomic E-state index is -0.531. The molecule has 0 aromatic carbocycles. The van der Waals surface area contributed by atoms with E-state index in [1.165, 1.54) is 12.8 Å². The van der Waals surface area contributed by atoms with E-state index in [0.29, 0.717) is 30.8 Å². The molecule has 0 saturated heterocycles. The molecule has 170 valence electrons.